The largest absolute Gasteiger partial charge is 0.278 e. The lowest BCUT2D eigenvalue weighted by Gasteiger charge is -2.14. The molecule has 0 spiro atoms. The van der Waals surface area contributed by atoms with Gasteiger partial charge in [-0.2, -0.15) is 29.9 Å². The summed E-state index contributed by atoms with van der Waals surface area (Å²) >= 11 is 0. The smallest absolute Gasteiger partial charge is 0.240 e. The zero-order valence-electron chi connectivity index (χ0n) is 63.6. The van der Waals surface area contributed by atoms with Gasteiger partial charge < -0.3 is 0 Å². The van der Waals surface area contributed by atoms with Crippen molar-refractivity contribution < 1.29 is 0 Å². The van der Waals surface area contributed by atoms with Crippen LogP contribution in [0, 0.1) is 0 Å². The molecule has 19 aromatic carbocycles. The van der Waals surface area contributed by atoms with Crippen LogP contribution in [0.1, 0.15) is 0 Å². The van der Waals surface area contributed by atoms with Gasteiger partial charge in [0.2, 0.25) is 23.8 Å². The highest BCUT2D eigenvalue weighted by atomic mass is 15.3. The highest BCUT2D eigenvalue weighted by Gasteiger charge is 2.26. The van der Waals surface area contributed by atoms with Gasteiger partial charge in [0.05, 0.1) is 44.1 Å². The summed E-state index contributed by atoms with van der Waals surface area (Å²) < 4.78 is 8.80. The van der Waals surface area contributed by atoms with Crippen molar-refractivity contribution >= 4 is 152 Å². The molecule has 0 bridgehead atoms. The second-order valence-electron chi connectivity index (χ2n) is 30.4. The van der Waals surface area contributed by atoms with Crippen LogP contribution < -0.4 is 0 Å². The lowest BCUT2D eigenvalue weighted by Crippen LogP contribution is -2.10. The second kappa shape index (κ2) is 26.8. The fourth-order valence-electron chi connectivity index (χ4n) is 18.6. The van der Waals surface area contributed by atoms with Crippen molar-refractivity contribution in [2.24, 2.45) is 0 Å². The van der Waals surface area contributed by atoms with Crippen LogP contribution in [-0.2, 0) is 0 Å². The Morgan fingerprint density at radius 2 is 0.305 bits per heavy atom. The summed E-state index contributed by atoms with van der Waals surface area (Å²) in [5, 5.41) is 23.7. The van der Waals surface area contributed by atoms with Crippen LogP contribution in [0.2, 0.25) is 0 Å². The minimum absolute atomic E-state index is 0.555. The molecule has 0 N–H and O–H groups in total. The molecule has 25 aromatic rings. The first-order valence-electron chi connectivity index (χ1n) is 40.0. The summed E-state index contributed by atoms with van der Waals surface area (Å²) in [6.07, 6.45) is 0. The van der Waals surface area contributed by atoms with Crippen molar-refractivity contribution in [2.75, 3.05) is 0 Å². The van der Waals surface area contributed by atoms with E-state index >= 15 is 0 Å². The van der Waals surface area contributed by atoms with Crippen LogP contribution in [0.25, 0.3) is 232 Å². The van der Waals surface area contributed by atoms with Gasteiger partial charge in [-0.25, -0.2) is 0 Å². The van der Waals surface area contributed by atoms with E-state index in [0.717, 1.165) is 115 Å². The quantitative estimate of drug-likeness (QED) is 0.134. The molecule has 6 aromatic heterocycles. The number of aromatic nitrogens is 10. The second-order valence-corrected chi connectivity index (χ2v) is 30.4. The number of para-hydroxylation sites is 5. The third-order valence-corrected chi connectivity index (χ3v) is 23.9. The predicted molar refractivity (Wildman–Crippen MR) is 489 cm³/mol. The fraction of sp³-hybridized carbons (Fsp3) is 0. The molecule has 548 valence electrons. The van der Waals surface area contributed by atoms with Gasteiger partial charge in [-0.1, -0.05) is 322 Å². The first-order chi connectivity index (χ1) is 58.5. The van der Waals surface area contributed by atoms with Gasteiger partial charge in [-0.3, -0.25) is 18.3 Å². The third kappa shape index (κ3) is 10.6. The summed E-state index contributed by atoms with van der Waals surface area (Å²) in [5.74, 6) is 3.45. The van der Waals surface area contributed by atoms with Crippen LogP contribution in [0.15, 0.2) is 400 Å². The number of nitrogens with zero attached hydrogens (tertiary/aromatic N) is 10. The molecule has 10 heteroatoms. The summed E-state index contributed by atoms with van der Waals surface area (Å²) in [7, 11) is 0. The SMILES string of the molecule is c1ccc(-c2ccc3c(c2)c2ccccc2n3-c2nc(-c3ccc4c5ccccc5c5ccccc5c4c3)nc(-n3c4ccccc4c4cc(-c5ccccc5)ccc43)n2)cc1.c1ccc(-c2ccc3c(c2)c2ccccc2n3-c2nc(-c3ccc4c5ccccc5c5ccccc5c4c3)nc(-n3c4ccccc4c4ccccc43)n2)cc1. The Balaban J connectivity index is 0.000000135. The molecule has 0 unspecified atom stereocenters. The van der Waals surface area contributed by atoms with Gasteiger partial charge in [0, 0.05) is 54.2 Å². The molecule has 25 rings (SSSR count). The highest BCUT2D eigenvalue weighted by Crippen LogP contribution is 2.44. The average molecular weight is 1500 g/mol. The zero-order chi connectivity index (χ0) is 77.5. The monoisotopic (exact) mass is 1500 g/mol. The molecule has 0 saturated heterocycles. The number of hydrogen-bond acceptors (Lipinski definition) is 6. The normalized spacial score (nSPS) is 11.9. The van der Waals surface area contributed by atoms with Crippen molar-refractivity contribution in [1.29, 1.82) is 0 Å². The molecule has 6 heterocycles. The van der Waals surface area contributed by atoms with Crippen molar-refractivity contribution in [3.05, 3.63) is 400 Å². The molecule has 0 radical (unpaired) electrons. The Hall–Kier alpha value is -16.0. The number of benzene rings is 19. The molecule has 0 aliphatic heterocycles. The van der Waals surface area contributed by atoms with E-state index in [4.69, 9.17) is 29.9 Å². The first-order valence-corrected chi connectivity index (χ1v) is 40.0. The Morgan fingerprint density at radius 1 is 0.119 bits per heavy atom. The Labute approximate surface area is 676 Å². The minimum atomic E-state index is 0.555. The Morgan fingerprint density at radius 3 is 0.568 bits per heavy atom. The van der Waals surface area contributed by atoms with E-state index in [2.05, 4.69) is 419 Å². The summed E-state index contributed by atoms with van der Waals surface area (Å²) in [6, 6.07) is 142. The van der Waals surface area contributed by atoms with Crippen molar-refractivity contribution in [3.63, 3.8) is 0 Å². The van der Waals surface area contributed by atoms with Crippen LogP contribution in [0.5, 0.6) is 0 Å². The number of hydrogen-bond donors (Lipinski definition) is 0. The van der Waals surface area contributed by atoms with Crippen molar-refractivity contribution in [3.8, 4) is 79.9 Å². The van der Waals surface area contributed by atoms with Crippen molar-refractivity contribution in [2.45, 2.75) is 0 Å². The molecular weight excluding hydrogens is 1440 g/mol. The van der Waals surface area contributed by atoms with Gasteiger partial charge in [0.15, 0.2) is 11.6 Å². The standard InChI is InChI=1S/C57H35N5.C51H31N5/c1-3-15-36(16-4-1)38-28-31-53-49(33-38)46-23-11-13-25-51(46)61(53)56-58-55(40-27-30-45-43-21-8-7-19-41(43)42-20-9-10-22-44(42)48(45)35-40)59-57(60-56)62-52-26-14-12-24-47(52)50-34-39(29-32-54(50)62)37-17-5-2-6-18-37;1-2-14-32(15-3-1)33-27-29-48-44(30-33)42-22-10-13-25-47(42)56(48)51-53-49(52-50(54-51)55-45-23-11-8-20-40(45)41-21-9-12-24-46(41)55)34-26-28-39-37-18-5-4-16-35(37)36-17-6-7-19-38(36)43(39)31-34/h1-35H;1-31H. The van der Waals surface area contributed by atoms with Gasteiger partial charge in [0.25, 0.3) is 0 Å². The van der Waals surface area contributed by atoms with Crippen LogP contribution in [0.4, 0.5) is 0 Å². The minimum Gasteiger partial charge on any atom is -0.278 e. The molecule has 118 heavy (non-hydrogen) atoms. The summed E-state index contributed by atoms with van der Waals surface area (Å²) in [4.78, 5) is 32.4. The van der Waals surface area contributed by atoms with Crippen LogP contribution in [0.3, 0.4) is 0 Å². The first kappa shape index (κ1) is 66.6. The Kier molecular flexibility index (Phi) is 15.1. The van der Waals surface area contributed by atoms with E-state index in [-0.39, 0.29) is 0 Å². The molecule has 0 aliphatic carbocycles. The van der Waals surface area contributed by atoms with Crippen molar-refractivity contribution in [1.82, 2.24) is 48.2 Å². The maximum atomic E-state index is 5.46. The van der Waals surface area contributed by atoms with Gasteiger partial charge in [-0.15, -0.1) is 0 Å². The molecule has 0 aliphatic rings. The third-order valence-electron chi connectivity index (χ3n) is 23.9. The molecule has 0 saturated carbocycles. The fourth-order valence-corrected chi connectivity index (χ4v) is 18.6. The van der Waals surface area contributed by atoms with Gasteiger partial charge >= 0.3 is 0 Å². The maximum absolute atomic E-state index is 5.46. The molecule has 0 amide bonds. The lowest BCUT2D eigenvalue weighted by atomic mass is 9.93. The highest BCUT2D eigenvalue weighted by molar-refractivity contribution is 6.27. The lowest BCUT2D eigenvalue weighted by molar-refractivity contribution is 0.892. The number of fused-ring (bicyclic) bond motifs is 24. The molecule has 0 atom stereocenters. The summed E-state index contributed by atoms with van der Waals surface area (Å²) in [5.41, 5.74) is 17.1. The molecule has 0 fully saturated rings. The van der Waals surface area contributed by atoms with E-state index in [1.165, 1.54) is 81.5 Å². The van der Waals surface area contributed by atoms with E-state index < -0.39 is 0 Å². The van der Waals surface area contributed by atoms with E-state index in [9.17, 15) is 0 Å². The average Bonchev–Trinajstić information content (AvgIpc) is 1.47. The maximum Gasteiger partial charge on any atom is 0.240 e. The summed E-state index contributed by atoms with van der Waals surface area (Å²) in [6.45, 7) is 0. The number of rotatable bonds is 9. The molecule has 10 nitrogen and oxygen atoms in total. The molecular formula is C108H66N10. The van der Waals surface area contributed by atoms with Crippen LogP contribution >= 0.6 is 0 Å². The van der Waals surface area contributed by atoms with Gasteiger partial charge in [-0.05, 0) is 177 Å². The van der Waals surface area contributed by atoms with Crippen LogP contribution in [-0.4, -0.2) is 48.2 Å². The Bertz CT molecular complexity index is 8150. The predicted octanol–water partition coefficient (Wildman–Crippen LogP) is 27.4. The van der Waals surface area contributed by atoms with E-state index in [0.29, 0.717) is 35.4 Å². The zero-order valence-corrected chi connectivity index (χ0v) is 63.6. The van der Waals surface area contributed by atoms with E-state index in [1.807, 2.05) is 0 Å². The topological polar surface area (TPSA) is 97.1 Å². The van der Waals surface area contributed by atoms with Gasteiger partial charge in [0.1, 0.15) is 0 Å². The van der Waals surface area contributed by atoms with E-state index in [1.54, 1.807) is 0 Å².